The van der Waals surface area contributed by atoms with E-state index in [1.165, 1.54) is 0 Å². The highest BCUT2D eigenvalue weighted by Crippen LogP contribution is 2.40. The number of halogens is 3. The number of anilines is 1. The number of carbonyl (C=O) groups is 1. The zero-order chi connectivity index (χ0) is 27.4. The van der Waals surface area contributed by atoms with Gasteiger partial charge in [0.1, 0.15) is 18.1 Å². The van der Waals surface area contributed by atoms with Crippen molar-refractivity contribution in [2.24, 2.45) is 5.73 Å². The number of rotatable bonds is 9. The summed E-state index contributed by atoms with van der Waals surface area (Å²) in [5.41, 5.74) is 10.6. The molecule has 0 unspecified atom stereocenters. The number of pyridine rings is 1. The first-order valence-corrected chi connectivity index (χ1v) is 13.2. The summed E-state index contributed by atoms with van der Waals surface area (Å²) in [5.74, 6) is 0.208. The maximum absolute atomic E-state index is 13.2. The van der Waals surface area contributed by atoms with Gasteiger partial charge in [-0.2, -0.15) is 0 Å². The monoisotopic (exact) mass is 622 g/mol. The topological polar surface area (TPSA) is 141 Å². The molecule has 2 aromatic heterocycles. The molecule has 0 saturated carbocycles. The van der Waals surface area contributed by atoms with E-state index in [1.807, 2.05) is 47.4 Å². The van der Waals surface area contributed by atoms with Crippen molar-refractivity contribution in [3.63, 3.8) is 0 Å². The molecule has 1 saturated heterocycles. The van der Waals surface area contributed by atoms with Crippen molar-refractivity contribution in [1.29, 1.82) is 0 Å². The fourth-order valence-electron chi connectivity index (χ4n) is 4.78. The van der Waals surface area contributed by atoms with Crippen molar-refractivity contribution in [1.82, 2.24) is 20.1 Å². The molecule has 0 bridgehead atoms. The predicted octanol–water partition coefficient (Wildman–Crippen LogP) is 3.07. The lowest BCUT2D eigenvalue weighted by Gasteiger charge is -2.38. The second-order valence-electron chi connectivity index (χ2n) is 9.54. The molecule has 1 aliphatic rings. The van der Waals surface area contributed by atoms with Crippen molar-refractivity contribution in [3.8, 4) is 17.0 Å². The number of carbonyl (C=O) groups excluding carboxylic acids is 1. The minimum atomic E-state index is -1.03. The minimum Gasteiger partial charge on any atom is -0.473 e. The van der Waals surface area contributed by atoms with E-state index >= 15 is 0 Å². The Balaban J connectivity index is 0.00000231. The Morgan fingerprint density at radius 3 is 2.41 bits per heavy atom. The van der Waals surface area contributed by atoms with Gasteiger partial charge in [0.2, 0.25) is 11.8 Å². The fourth-order valence-corrected chi connectivity index (χ4v) is 4.91. The van der Waals surface area contributed by atoms with Crippen molar-refractivity contribution in [3.05, 3.63) is 71.4 Å². The van der Waals surface area contributed by atoms with E-state index in [2.05, 4.69) is 20.1 Å². The number of piperazine rings is 1. The molecule has 13 heteroatoms. The number of ether oxygens (including phenoxy) is 1. The largest absolute Gasteiger partial charge is 0.473 e. The van der Waals surface area contributed by atoms with Crippen molar-refractivity contribution < 1.29 is 19.7 Å². The maximum Gasteiger partial charge on any atom is 0.244 e. The zero-order valence-electron chi connectivity index (χ0n) is 22.1. The first-order chi connectivity index (χ1) is 18.9. The Bertz CT molecular complexity index is 1420. The summed E-state index contributed by atoms with van der Waals surface area (Å²) in [5, 5.41) is 27.5. The summed E-state index contributed by atoms with van der Waals surface area (Å²) in [4.78, 5) is 21.7. The molecule has 2 aromatic carbocycles. The lowest BCUT2D eigenvalue weighted by molar-refractivity contribution is -0.132. The third kappa shape index (κ3) is 7.40. The standard InChI is InChI=1S/C28H31ClN6O4.2ClH/c29-20-8-6-18(7-9-20)14-23(30)28(38)35-12-10-34(11-13-35)25-22(19-4-2-1-3-5-19)15-31-26-24(25)27(33-32-26)39-17-21(37)16-36;;/h1-9,15,21,23,36-37H,10-14,16-17,30H2,(H,31,32,33);2*1H/t21-,23-;;/m1../s1. The van der Waals surface area contributed by atoms with Gasteiger partial charge in [0.15, 0.2) is 5.65 Å². The van der Waals surface area contributed by atoms with Crippen LogP contribution in [-0.4, -0.2) is 87.7 Å². The van der Waals surface area contributed by atoms with Gasteiger partial charge in [-0.15, -0.1) is 29.9 Å². The van der Waals surface area contributed by atoms with Crippen LogP contribution in [0, 0.1) is 0 Å². The Morgan fingerprint density at radius 1 is 1.07 bits per heavy atom. The van der Waals surface area contributed by atoms with E-state index in [0.717, 1.165) is 22.4 Å². The summed E-state index contributed by atoms with van der Waals surface area (Å²) in [6.45, 7) is 1.62. The molecule has 5 N–H and O–H groups in total. The van der Waals surface area contributed by atoms with Crippen molar-refractivity contribution in [2.45, 2.75) is 18.6 Å². The summed E-state index contributed by atoms with van der Waals surface area (Å²) in [7, 11) is 0. The lowest BCUT2D eigenvalue weighted by atomic mass is 10.0. The normalized spacial score (nSPS) is 14.6. The van der Waals surface area contributed by atoms with Gasteiger partial charge in [0.25, 0.3) is 0 Å². The Morgan fingerprint density at radius 2 is 1.76 bits per heavy atom. The van der Waals surface area contributed by atoms with Crippen LogP contribution in [0.25, 0.3) is 22.2 Å². The number of nitrogens with zero attached hydrogens (tertiary/aromatic N) is 4. The molecule has 5 rings (SSSR count). The van der Waals surface area contributed by atoms with Crippen LogP contribution < -0.4 is 15.4 Å². The van der Waals surface area contributed by atoms with Gasteiger partial charge < -0.3 is 30.5 Å². The summed E-state index contributed by atoms with van der Waals surface area (Å²) < 4.78 is 5.78. The molecule has 41 heavy (non-hydrogen) atoms. The smallest absolute Gasteiger partial charge is 0.244 e. The molecule has 220 valence electrons. The molecule has 0 aliphatic carbocycles. The first-order valence-electron chi connectivity index (χ1n) is 12.8. The van der Waals surface area contributed by atoms with Crippen molar-refractivity contribution >= 4 is 59.0 Å². The first kappa shape index (κ1) is 32.4. The summed E-state index contributed by atoms with van der Waals surface area (Å²) in [6.07, 6.45) is 1.21. The van der Waals surface area contributed by atoms with Crippen LogP contribution in [0.4, 0.5) is 5.69 Å². The van der Waals surface area contributed by atoms with E-state index in [-0.39, 0.29) is 37.3 Å². The molecule has 1 amide bonds. The van der Waals surface area contributed by atoms with Crippen LogP contribution in [-0.2, 0) is 11.2 Å². The zero-order valence-corrected chi connectivity index (χ0v) is 24.5. The van der Waals surface area contributed by atoms with E-state index in [9.17, 15) is 15.0 Å². The Hall–Kier alpha value is -3.12. The summed E-state index contributed by atoms with van der Waals surface area (Å²) in [6, 6.07) is 16.6. The van der Waals surface area contributed by atoms with Gasteiger partial charge >= 0.3 is 0 Å². The van der Waals surface area contributed by atoms with E-state index < -0.39 is 18.8 Å². The SMILES string of the molecule is Cl.Cl.N[C@H](Cc1ccc(Cl)cc1)C(=O)N1CCN(c2c(-c3ccccc3)cnc3[nH]nc(OC[C@H](O)CO)c23)CC1. The van der Waals surface area contributed by atoms with Crippen LogP contribution in [0.15, 0.2) is 60.8 Å². The molecular formula is C28H33Cl3N6O4. The van der Waals surface area contributed by atoms with Gasteiger partial charge in [-0.05, 0) is 29.7 Å². The number of aliphatic hydroxyl groups is 2. The average molecular weight is 624 g/mol. The number of aromatic nitrogens is 3. The van der Waals surface area contributed by atoms with Gasteiger partial charge in [0, 0.05) is 43.0 Å². The number of fused-ring (bicyclic) bond motifs is 1. The Labute approximate surface area is 255 Å². The molecule has 0 spiro atoms. The van der Waals surface area contributed by atoms with E-state index in [0.29, 0.717) is 54.5 Å². The quantitative estimate of drug-likeness (QED) is 0.223. The lowest BCUT2D eigenvalue weighted by Crippen LogP contribution is -2.53. The number of hydrogen-bond acceptors (Lipinski definition) is 8. The molecular weight excluding hydrogens is 591 g/mol. The number of aliphatic hydroxyl groups excluding tert-OH is 2. The highest BCUT2D eigenvalue weighted by Gasteiger charge is 2.29. The number of nitrogens with two attached hydrogens (primary N) is 1. The number of nitrogens with one attached hydrogen (secondary N) is 1. The van der Waals surface area contributed by atoms with Crippen LogP contribution in [0.2, 0.25) is 5.02 Å². The van der Waals surface area contributed by atoms with Crippen LogP contribution in [0.3, 0.4) is 0 Å². The third-order valence-corrected chi connectivity index (χ3v) is 7.08. The summed E-state index contributed by atoms with van der Waals surface area (Å²) >= 11 is 5.97. The number of benzene rings is 2. The number of hydrogen-bond donors (Lipinski definition) is 4. The third-order valence-electron chi connectivity index (χ3n) is 6.83. The van der Waals surface area contributed by atoms with E-state index in [1.54, 1.807) is 18.3 Å². The van der Waals surface area contributed by atoms with Crippen LogP contribution in [0.5, 0.6) is 5.88 Å². The van der Waals surface area contributed by atoms with Crippen LogP contribution >= 0.6 is 36.4 Å². The molecule has 10 nitrogen and oxygen atoms in total. The molecule has 3 heterocycles. The molecule has 1 aliphatic heterocycles. The van der Waals surface area contributed by atoms with E-state index in [4.69, 9.17) is 22.1 Å². The number of aromatic amines is 1. The average Bonchev–Trinajstić information content (AvgIpc) is 3.39. The van der Waals surface area contributed by atoms with Gasteiger partial charge in [-0.1, -0.05) is 54.1 Å². The predicted molar refractivity (Wildman–Crippen MR) is 164 cm³/mol. The number of amides is 1. The number of H-pyrrole nitrogens is 1. The van der Waals surface area contributed by atoms with Gasteiger partial charge in [0.05, 0.1) is 18.3 Å². The van der Waals surface area contributed by atoms with Crippen LogP contribution in [0.1, 0.15) is 5.56 Å². The second-order valence-corrected chi connectivity index (χ2v) is 9.97. The Kier molecular flexibility index (Phi) is 11.6. The van der Waals surface area contributed by atoms with Gasteiger partial charge in [-0.3, -0.25) is 9.89 Å². The minimum absolute atomic E-state index is 0. The fraction of sp³-hybridized carbons (Fsp3) is 0.321. The molecule has 1 fully saturated rings. The van der Waals surface area contributed by atoms with Gasteiger partial charge in [-0.25, -0.2) is 4.98 Å². The molecule has 0 radical (unpaired) electrons. The highest BCUT2D eigenvalue weighted by molar-refractivity contribution is 6.30. The molecule has 2 atom stereocenters. The molecule has 4 aromatic rings. The maximum atomic E-state index is 13.2. The van der Waals surface area contributed by atoms with Crippen molar-refractivity contribution in [2.75, 3.05) is 44.3 Å². The second kappa shape index (κ2) is 14.7. The highest BCUT2D eigenvalue weighted by atomic mass is 35.5.